The first-order valence-electron chi connectivity index (χ1n) is 8.73. The lowest BCUT2D eigenvalue weighted by Gasteiger charge is -2.10. The van der Waals surface area contributed by atoms with Gasteiger partial charge in [0.05, 0.1) is 16.2 Å². The van der Waals surface area contributed by atoms with Crippen molar-refractivity contribution in [3.63, 3.8) is 0 Å². The molecule has 0 aliphatic heterocycles. The van der Waals surface area contributed by atoms with Gasteiger partial charge in [-0.15, -0.1) is 0 Å². The molecule has 3 aromatic carbocycles. The summed E-state index contributed by atoms with van der Waals surface area (Å²) in [6.45, 7) is 0. The lowest BCUT2D eigenvalue weighted by atomic mass is 10.1. The van der Waals surface area contributed by atoms with Crippen LogP contribution < -0.4 is 15.2 Å². The van der Waals surface area contributed by atoms with Gasteiger partial charge in [0.1, 0.15) is 0 Å². The van der Waals surface area contributed by atoms with Crippen molar-refractivity contribution >= 4 is 37.3 Å². The zero-order valence-corrected chi connectivity index (χ0v) is 17.3. The summed E-state index contributed by atoms with van der Waals surface area (Å²) in [6.07, 6.45) is 0.205. The predicted octanol–water partition coefficient (Wildman–Crippen LogP) is 2.32. The third kappa shape index (κ3) is 5.66. The molecule has 0 aliphatic carbocycles. The summed E-state index contributed by atoms with van der Waals surface area (Å²) in [6, 6.07) is 20.0. The monoisotopic (exact) mass is 445 g/mol. The van der Waals surface area contributed by atoms with E-state index in [-0.39, 0.29) is 27.8 Å². The Kier molecular flexibility index (Phi) is 6.20. The number of carbonyl (C=O) groups excluding carboxylic acids is 1. The highest BCUT2D eigenvalue weighted by Crippen LogP contribution is 2.20. The Balaban J connectivity index is 1.66. The zero-order valence-electron chi connectivity index (χ0n) is 15.6. The maximum Gasteiger partial charge on any atom is 0.261 e. The molecule has 0 atom stereocenters. The number of sulfonamides is 2. The molecule has 0 spiro atoms. The molecular formula is C20H19N3O5S2. The molecule has 0 heterocycles. The van der Waals surface area contributed by atoms with Crippen LogP contribution in [-0.4, -0.2) is 22.7 Å². The molecule has 3 aromatic rings. The van der Waals surface area contributed by atoms with Crippen molar-refractivity contribution in [3.8, 4) is 0 Å². The summed E-state index contributed by atoms with van der Waals surface area (Å²) in [7, 11) is -7.76. The quantitative estimate of drug-likeness (QED) is 0.513. The first-order chi connectivity index (χ1) is 14.1. The summed E-state index contributed by atoms with van der Waals surface area (Å²) >= 11 is 0. The topological polar surface area (TPSA) is 135 Å². The summed E-state index contributed by atoms with van der Waals surface area (Å²) < 4.78 is 49.9. The van der Waals surface area contributed by atoms with Crippen molar-refractivity contribution < 1.29 is 21.6 Å². The maximum absolute atomic E-state index is 12.5. The molecule has 1 amide bonds. The van der Waals surface area contributed by atoms with Crippen LogP contribution >= 0.6 is 0 Å². The molecule has 10 heteroatoms. The average Bonchev–Trinajstić information content (AvgIpc) is 2.68. The van der Waals surface area contributed by atoms with Crippen molar-refractivity contribution in [3.05, 3.63) is 84.4 Å². The minimum absolute atomic E-state index is 0.0147. The van der Waals surface area contributed by atoms with Gasteiger partial charge in [0.15, 0.2) is 0 Å². The third-order valence-electron chi connectivity index (χ3n) is 4.09. The zero-order chi connectivity index (χ0) is 21.8. The highest BCUT2D eigenvalue weighted by Gasteiger charge is 2.15. The largest absolute Gasteiger partial charge is 0.326 e. The van der Waals surface area contributed by atoms with E-state index in [1.54, 1.807) is 0 Å². The van der Waals surface area contributed by atoms with Gasteiger partial charge in [-0.05, 0) is 54.1 Å². The molecule has 0 saturated heterocycles. The number of hydrogen-bond donors (Lipinski definition) is 3. The van der Waals surface area contributed by atoms with Crippen molar-refractivity contribution in [2.24, 2.45) is 5.14 Å². The van der Waals surface area contributed by atoms with E-state index in [0.717, 1.165) is 5.56 Å². The Labute approximate surface area is 174 Å². The number of carbonyl (C=O) groups is 1. The number of hydrogen-bond acceptors (Lipinski definition) is 5. The lowest BCUT2D eigenvalue weighted by Crippen LogP contribution is -2.15. The minimum Gasteiger partial charge on any atom is -0.326 e. The van der Waals surface area contributed by atoms with E-state index in [0.29, 0.717) is 5.69 Å². The third-order valence-corrected chi connectivity index (χ3v) is 6.42. The van der Waals surface area contributed by atoms with E-state index in [1.807, 2.05) is 30.3 Å². The number of amides is 1. The number of benzene rings is 3. The normalized spacial score (nSPS) is 11.6. The number of rotatable bonds is 7. The summed E-state index contributed by atoms with van der Waals surface area (Å²) in [4.78, 5) is 12.0. The molecule has 30 heavy (non-hydrogen) atoms. The van der Waals surface area contributed by atoms with Crippen LogP contribution in [0.1, 0.15) is 5.56 Å². The van der Waals surface area contributed by atoms with Crippen LogP contribution in [0.2, 0.25) is 0 Å². The molecule has 0 radical (unpaired) electrons. The molecule has 0 saturated carbocycles. The highest BCUT2D eigenvalue weighted by atomic mass is 32.2. The molecule has 4 N–H and O–H groups in total. The van der Waals surface area contributed by atoms with E-state index < -0.39 is 20.0 Å². The smallest absolute Gasteiger partial charge is 0.261 e. The fourth-order valence-corrected chi connectivity index (χ4v) is 4.20. The van der Waals surface area contributed by atoms with Crippen LogP contribution in [0.15, 0.2) is 88.7 Å². The fraction of sp³-hybridized carbons (Fsp3) is 0.0500. The Morgan fingerprint density at radius 1 is 0.733 bits per heavy atom. The molecule has 8 nitrogen and oxygen atoms in total. The molecule has 0 bridgehead atoms. The van der Waals surface area contributed by atoms with Gasteiger partial charge >= 0.3 is 0 Å². The van der Waals surface area contributed by atoms with Gasteiger partial charge in [0, 0.05) is 11.4 Å². The number of primary sulfonamides is 1. The van der Waals surface area contributed by atoms with Gasteiger partial charge < -0.3 is 5.32 Å². The van der Waals surface area contributed by atoms with E-state index >= 15 is 0 Å². The first-order valence-corrected chi connectivity index (χ1v) is 11.8. The molecule has 3 rings (SSSR count). The Hall–Kier alpha value is -3.21. The van der Waals surface area contributed by atoms with Gasteiger partial charge in [-0.1, -0.05) is 30.3 Å². The summed E-state index contributed by atoms with van der Waals surface area (Å²) in [5.41, 5.74) is 1.52. The summed E-state index contributed by atoms with van der Waals surface area (Å²) in [5, 5.41) is 7.74. The second-order valence-electron chi connectivity index (χ2n) is 6.41. The van der Waals surface area contributed by atoms with Crippen molar-refractivity contribution in [1.29, 1.82) is 0 Å². The Bertz CT molecular complexity index is 1240. The van der Waals surface area contributed by atoms with Crippen molar-refractivity contribution in [1.82, 2.24) is 0 Å². The van der Waals surface area contributed by atoms with Gasteiger partial charge in [-0.2, -0.15) is 0 Å². The number of anilines is 2. The SMILES string of the molecule is NS(=O)(=O)c1ccc(NS(=O)(=O)c2ccc(NC(=O)Cc3ccccc3)cc2)cc1. The van der Waals surface area contributed by atoms with Crippen LogP contribution in [0.4, 0.5) is 11.4 Å². The predicted molar refractivity (Wildman–Crippen MR) is 114 cm³/mol. The standard InChI is InChI=1S/C20H19N3O5S2/c21-29(25,26)18-10-8-17(9-11-18)23-30(27,28)19-12-6-16(7-13-19)22-20(24)14-15-4-2-1-3-5-15/h1-13,23H,14H2,(H,22,24)(H2,21,25,26). The molecule has 0 unspecified atom stereocenters. The Morgan fingerprint density at radius 2 is 1.27 bits per heavy atom. The molecule has 0 aromatic heterocycles. The fourth-order valence-electron chi connectivity index (χ4n) is 2.63. The lowest BCUT2D eigenvalue weighted by molar-refractivity contribution is -0.115. The number of nitrogens with two attached hydrogens (primary N) is 1. The van der Waals surface area contributed by atoms with Crippen molar-refractivity contribution in [2.45, 2.75) is 16.2 Å². The van der Waals surface area contributed by atoms with Gasteiger partial charge in [0.25, 0.3) is 10.0 Å². The highest BCUT2D eigenvalue weighted by molar-refractivity contribution is 7.92. The second kappa shape index (κ2) is 8.66. The second-order valence-corrected chi connectivity index (χ2v) is 9.65. The number of nitrogens with one attached hydrogen (secondary N) is 2. The molecular weight excluding hydrogens is 426 g/mol. The van der Waals surface area contributed by atoms with E-state index in [9.17, 15) is 21.6 Å². The van der Waals surface area contributed by atoms with Crippen LogP contribution in [0.25, 0.3) is 0 Å². The first kappa shape index (κ1) is 21.5. The Morgan fingerprint density at radius 3 is 1.83 bits per heavy atom. The van der Waals surface area contributed by atoms with Crippen LogP contribution in [0, 0.1) is 0 Å². The maximum atomic E-state index is 12.5. The molecule has 0 aliphatic rings. The minimum atomic E-state index is -3.90. The van der Waals surface area contributed by atoms with Crippen LogP contribution in [0.3, 0.4) is 0 Å². The van der Waals surface area contributed by atoms with Gasteiger partial charge in [-0.3, -0.25) is 9.52 Å². The van der Waals surface area contributed by atoms with Crippen LogP contribution in [-0.2, 0) is 31.3 Å². The summed E-state index contributed by atoms with van der Waals surface area (Å²) in [5.74, 6) is -0.218. The van der Waals surface area contributed by atoms with Crippen LogP contribution in [0.5, 0.6) is 0 Å². The van der Waals surface area contributed by atoms with E-state index in [2.05, 4.69) is 10.0 Å². The molecule has 0 fully saturated rings. The van der Waals surface area contributed by atoms with Gasteiger partial charge in [0.2, 0.25) is 15.9 Å². The van der Waals surface area contributed by atoms with E-state index in [1.165, 1.54) is 48.5 Å². The average molecular weight is 446 g/mol. The van der Waals surface area contributed by atoms with Gasteiger partial charge in [-0.25, -0.2) is 22.0 Å². The van der Waals surface area contributed by atoms with Crippen molar-refractivity contribution in [2.75, 3.05) is 10.0 Å². The molecule has 156 valence electrons. The van der Waals surface area contributed by atoms with E-state index in [4.69, 9.17) is 5.14 Å².